The number of hydrogen-bond donors (Lipinski definition) is 1. The molecule has 4 saturated carbocycles. The van der Waals surface area contributed by atoms with E-state index in [1.807, 2.05) is 6.20 Å². The highest BCUT2D eigenvalue weighted by Crippen LogP contribution is 2.58. The SMILES string of the molecule is Cc1cnn(C2C3CC4CC(C3)CC2C4)c1N. The summed E-state index contributed by atoms with van der Waals surface area (Å²) >= 11 is 0. The summed E-state index contributed by atoms with van der Waals surface area (Å²) in [6.07, 6.45) is 9.14. The van der Waals surface area contributed by atoms with Crippen LogP contribution in [0.1, 0.15) is 43.7 Å². The van der Waals surface area contributed by atoms with Gasteiger partial charge in [-0.25, -0.2) is 4.68 Å². The Hall–Kier alpha value is -0.990. The van der Waals surface area contributed by atoms with Gasteiger partial charge in [0.2, 0.25) is 0 Å². The third-order valence-corrected chi connectivity index (χ3v) is 5.49. The zero-order valence-corrected chi connectivity index (χ0v) is 10.5. The lowest BCUT2D eigenvalue weighted by atomic mass is 9.54. The number of nitrogens with zero attached hydrogens (tertiary/aromatic N) is 2. The normalized spacial score (nSPS) is 43.2. The van der Waals surface area contributed by atoms with Gasteiger partial charge in [0.1, 0.15) is 5.82 Å². The van der Waals surface area contributed by atoms with Gasteiger partial charge in [-0.15, -0.1) is 0 Å². The van der Waals surface area contributed by atoms with Crippen LogP contribution in [0.2, 0.25) is 0 Å². The molecule has 4 bridgehead atoms. The molecule has 3 nitrogen and oxygen atoms in total. The number of aryl methyl sites for hydroxylation is 1. The molecule has 0 amide bonds. The number of nitrogen functional groups attached to an aromatic ring is 1. The molecule has 4 aliphatic rings. The molecule has 4 fully saturated rings. The summed E-state index contributed by atoms with van der Waals surface area (Å²) in [5.41, 5.74) is 7.32. The van der Waals surface area contributed by atoms with Crippen molar-refractivity contribution in [2.45, 2.75) is 45.1 Å². The molecule has 0 spiro atoms. The minimum atomic E-state index is 0.608. The Morgan fingerprint density at radius 3 is 2.18 bits per heavy atom. The van der Waals surface area contributed by atoms with Gasteiger partial charge in [-0.2, -0.15) is 5.10 Å². The number of aromatic nitrogens is 2. The molecule has 0 atom stereocenters. The van der Waals surface area contributed by atoms with E-state index >= 15 is 0 Å². The van der Waals surface area contributed by atoms with Crippen LogP contribution in [0.3, 0.4) is 0 Å². The van der Waals surface area contributed by atoms with Crippen molar-refractivity contribution in [1.82, 2.24) is 9.78 Å². The standard InChI is InChI=1S/C14H21N3/c1-8-7-16-17(14(8)15)13-11-3-9-2-10(5-11)6-12(13)4-9/h7,9-13H,2-6,15H2,1H3. The van der Waals surface area contributed by atoms with Crippen LogP contribution < -0.4 is 5.73 Å². The summed E-state index contributed by atoms with van der Waals surface area (Å²) in [5.74, 6) is 4.65. The van der Waals surface area contributed by atoms with Gasteiger partial charge in [0, 0.05) is 5.56 Å². The van der Waals surface area contributed by atoms with E-state index < -0.39 is 0 Å². The summed E-state index contributed by atoms with van der Waals surface area (Å²) in [5, 5.41) is 4.55. The highest BCUT2D eigenvalue weighted by Gasteiger charge is 2.49. The fourth-order valence-electron chi connectivity index (χ4n) is 4.99. The van der Waals surface area contributed by atoms with Crippen LogP contribution in [0.4, 0.5) is 5.82 Å². The van der Waals surface area contributed by atoms with Gasteiger partial charge in [-0.3, -0.25) is 0 Å². The van der Waals surface area contributed by atoms with Crippen molar-refractivity contribution in [1.29, 1.82) is 0 Å². The molecule has 0 aliphatic heterocycles. The van der Waals surface area contributed by atoms with Crippen molar-refractivity contribution in [3.8, 4) is 0 Å². The molecular formula is C14H21N3. The first kappa shape index (κ1) is 9.98. The van der Waals surface area contributed by atoms with Crippen molar-refractivity contribution in [2.75, 3.05) is 5.73 Å². The molecule has 0 aromatic carbocycles. The minimum absolute atomic E-state index is 0.608. The molecule has 4 aliphatic carbocycles. The van der Waals surface area contributed by atoms with Crippen molar-refractivity contribution in [2.24, 2.45) is 23.7 Å². The molecule has 2 N–H and O–H groups in total. The fraction of sp³-hybridized carbons (Fsp3) is 0.786. The lowest BCUT2D eigenvalue weighted by molar-refractivity contribution is -0.0327. The van der Waals surface area contributed by atoms with E-state index in [2.05, 4.69) is 16.7 Å². The molecule has 1 heterocycles. The molecule has 0 unspecified atom stereocenters. The summed E-state index contributed by atoms with van der Waals surface area (Å²) in [6.45, 7) is 2.06. The number of hydrogen-bond acceptors (Lipinski definition) is 2. The first-order chi connectivity index (χ1) is 8.22. The van der Waals surface area contributed by atoms with Crippen molar-refractivity contribution >= 4 is 5.82 Å². The summed E-state index contributed by atoms with van der Waals surface area (Å²) in [6, 6.07) is 0.608. The van der Waals surface area contributed by atoms with E-state index in [0.717, 1.165) is 35.1 Å². The zero-order chi connectivity index (χ0) is 11.6. The van der Waals surface area contributed by atoms with Crippen LogP contribution in [-0.2, 0) is 0 Å². The Bertz CT molecular complexity index is 420. The van der Waals surface area contributed by atoms with Gasteiger partial charge in [0.15, 0.2) is 0 Å². The average molecular weight is 231 g/mol. The predicted molar refractivity (Wildman–Crippen MR) is 67.5 cm³/mol. The van der Waals surface area contributed by atoms with Gasteiger partial charge < -0.3 is 5.73 Å². The van der Waals surface area contributed by atoms with Crippen molar-refractivity contribution in [3.63, 3.8) is 0 Å². The number of nitrogens with two attached hydrogens (primary N) is 1. The third kappa shape index (κ3) is 1.31. The Labute approximate surface area is 102 Å². The minimum Gasteiger partial charge on any atom is -0.384 e. The maximum Gasteiger partial charge on any atom is 0.124 e. The molecular weight excluding hydrogens is 210 g/mol. The predicted octanol–water partition coefficient (Wildman–Crippen LogP) is 2.77. The molecule has 0 saturated heterocycles. The maximum atomic E-state index is 6.18. The second-order valence-corrected chi connectivity index (χ2v) is 6.58. The van der Waals surface area contributed by atoms with Gasteiger partial charge in [0.05, 0.1) is 12.2 Å². The Morgan fingerprint density at radius 2 is 1.71 bits per heavy atom. The molecule has 92 valence electrons. The van der Waals surface area contributed by atoms with Crippen LogP contribution in [-0.4, -0.2) is 9.78 Å². The monoisotopic (exact) mass is 231 g/mol. The number of rotatable bonds is 1. The largest absolute Gasteiger partial charge is 0.384 e. The van der Waals surface area contributed by atoms with E-state index in [9.17, 15) is 0 Å². The lowest BCUT2D eigenvalue weighted by Gasteiger charge is -2.54. The highest BCUT2D eigenvalue weighted by molar-refractivity contribution is 5.38. The van der Waals surface area contributed by atoms with Gasteiger partial charge in [0.25, 0.3) is 0 Å². The quantitative estimate of drug-likeness (QED) is 0.807. The van der Waals surface area contributed by atoms with E-state index in [1.54, 1.807) is 0 Å². The summed E-state index contributed by atoms with van der Waals surface area (Å²) < 4.78 is 2.16. The molecule has 0 radical (unpaired) electrons. The maximum absolute atomic E-state index is 6.18. The van der Waals surface area contributed by atoms with Crippen LogP contribution in [0.5, 0.6) is 0 Å². The Balaban J connectivity index is 1.73. The Morgan fingerprint density at radius 1 is 1.12 bits per heavy atom. The van der Waals surface area contributed by atoms with Gasteiger partial charge in [-0.1, -0.05) is 0 Å². The van der Waals surface area contributed by atoms with Crippen LogP contribution in [0.15, 0.2) is 6.20 Å². The van der Waals surface area contributed by atoms with Crippen molar-refractivity contribution < 1.29 is 0 Å². The lowest BCUT2D eigenvalue weighted by Crippen LogP contribution is -2.46. The van der Waals surface area contributed by atoms with Crippen LogP contribution in [0.25, 0.3) is 0 Å². The number of anilines is 1. The van der Waals surface area contributed by atoms with Crippen LogP contribution in [0, 0.1) is 30.6 Å². The van der Waals surface area contributed by atoms with Crippen molar-refractivity contribution in [3.05, 3.63) is 11.8 Å². The molecule has 1 aromatic heterocycles. The fourth-order valence-corrected chi connectivity index (χ4v) is 4.99. The second-order valence-electron chi connectivity index (χ2n) is 6.58. The van der Waals surface area contributed by atoms with Gasteiger partial charge in [-0.05, 0) is 62.7 Å². The topological polar surface area (TPSA) is 43.8 Å². The van der Waals surface area contributed by atoms with E-state index in [-0.39, 0.29) is 0 Å². The highest BCUT2D eigenvalue weighted by atomic mass is 15.3. The summed E-state index contributed by atoms with van der Waals surface area (Å²) in [7, 11) is 0. The zero-order valence-electron chi connectivity index (χ0n) is 10.5. The molecule has 17 heavy (non-hydrogen) atoms. The molecule has 5 rings (SSSR count). The first-order valence-electron chi connectivity index (χ1n) is 7.02. The Kier molecular flexibility index (Phi) is 1.92. The molecule has 1 aromatic rings. The van der Waals surface area contributed by atoms with E-state index in [4.69, 9.17) is 5.73 Å². The smallest absolute Gasteiger partial charge is 0.124 e. The third-order valence-electron chi connectivity index (χ3n) is 5.49. The van der Waals surface area contributed by atoms with Gasteiger partial charge >= 0.3 is 0 Å². The molecule has 3 heteroatoms. The average Bonchev–Trinajstić information content (AvgIpc) is 2.60. The first-order valence-corrected chi connectivity index (χ1v) is 7.02. The second kappa shape index (κ2) is 3.27. The van der Waals surface area contributed by atoms with Crippen LogP contribution >= 0.6 is 0 Å². The van der Waals surface area contributed by atoms with E-state index in [0.29, 0.717) is 6.04 Å². The van der Waals surface area contributed by atoms with E-state index in [1.165, 1.54) is 32.1 Å². The summed E-state index contributed by atoms with van der Waals surface area (Å²) in [4.78, 5) is 0.